The Hall–Kier alpha value is 0.350. The molecule has 76 valence electrons. The van der Waals surface area contributed by atoms with Gasteiger partial charge in [0, 0.05) is 0 Å². The van der Waals surface area contributed by atoms with Gasteiger partial charge in [-0.3, -0.25) is 0 Å². The van der Waals surface area contributed by atoms with E-state index in [-0.39, 0.29) is 0 Å². The number of thioether (sulfide) groups is 1. The molecule has 2 aliphatic rings. The molecule has 1 heterocycles. The van der Waals surface area contributed by atoms with Crippen molar-refractivity contribution in [2.75, 3.05) is 11.5 Å². The molecule has 0 radical (unpaired) electrons. The Morgan fingerprint density at radius 2 is 2.08 bits per heavy atom. The molecule has 3 atom stereocenters. The van der Waals surface area contributed by atoms with Gasteiger partial charge in [0.05, 0.1) is 0 Å². The summed E-state index contributed by atoms with van der Waals surface area (Å²) in [6.45, 7) is 2.46. The Morgan fingerprint density at radius 1 is 1.15 bits per heavy atom. The first kappa shape index (κ1) is 9.89. The third-order valence-electron chi connectivity index (χ3n) is 4.01. The predicted molar refractivity (Wildman–Crippen MR) is 61.2 cm³/mol. The molecule has 0 nitrogen and oxygen atoms in total. The third kappa shape index (κ3) is 2.65. The van der Waals surface area contributed by atoms with E-state index in [1.807, 2.05) is 0 Å². The van der Waals surface area contributed by atoms with Gasteiger partial charge in [0.25, 0.3) is 0 Å². The Kier molecular flexibility index (Phi) is 3.59. The molecule has 1 heteroatoms. The summed E-state index contributed by atoms with van der Waals surface area (Å²) in [6.07, 6.45) is 9.11. The van der Waals surface area contributed by atoms with Gasteiger partial charge in [-0.25, -0.2) is 0 Å². The second-order valence-electron chi connectivity index (χ2n) is 4.98. The fraction of sp³-hybridized carbons (Fsp3) is 1.00. The molecular formula is C12H22S. The highest BCUT2D eigenvalue weighted by Gasteiger charge is 2.24. The highest BCUT2D eigenvalue weighted by atomic mass is 32.2. The minimum atomic E-state index is 1.04. The van der Waals surface area contributed by atoms with E-state index in [2.05, 4.69) is 18.7 Å². The van der Waals surface area contributed by atoms with E-state index in [9.17, 15) is 0 Å². The summed E-state index contributed by atoms with van der Waals surface area (Å²) in [5, 5.41) is 0. The summed E-state index contributed by atoms with van der Waals surface area (Å²) in [7, 11) is 0. The minimum Gasteiger partial charge on any atom is -0.162 e. The van der Waals surface area contributed by atoms with Crippen molar-refractivity contribution in [2.24, 2.45) is 17.8 Å². The van der Waals surface area contributed by atoms with Gasteiger partial charge in [0.2, 0.25) is 0 Å². The van der Waals surface area contributed by atoms with E-state index in [0.717, 1.165) is 17.8 Å². The first-order valence-electron chi connectivity index (χ1n) is 5.94. The van der Waals surface area contributed by atoms with Gasteiger partial charge in [0.1, 0.15) is 0 Å². The Bertz CT molecular complexity index is 149. The van der Waals surface area contributed by atoms with E-state index < -0.39 is 0 Å². The lowest BCUT2D eigenvalue weighted by atomic mass is 9.89. The zero-order valence-corrected chi connectivity index (χ0v) is 9.61. The van der Waals surface area contributed by atoms with Gasteiger partial charge in [-0.2, -0.15) is 11.8 Å². The molecular weight excluding hydrogens is 176 g/mol. The summed E-state index contributed by atoms with van der Waals surface area (Å²) in [5.74, 6) is 6.10. The average Bonchev–Trinajstić information content (AvgIpc) is 2.72. The molecule has 0 spiro atoms. The van der Waals surface area contributed by atoms with E-state index in [1.54, 1.807) is 0 Å². The van der Waals surface area contributed by atoms with Crippen LogP contribution in [-0.2, 0) is 0 Å². The van der Waals surface area contributed by atoms with Crippen LogP contribution in [0.15, 0.2) is 0 Å². The van der Waals surface area contributed by atoms with Crippen LogP contribution in [0.25, 0.3) is 0 Å². The summed E-state index contributed by atoms with van der Waals surface area (Å²) >= 11 is 2.17. The summed E-state index contributed by atoms with van der Waals surface area (Å²) in [6, 6.07) is 0. The van der Waals surface area contributed by atoms with Gasteiger partial charge >= 0.3 is 0 Å². The molecule has 0 aromatic heterocycles. The van der Waals surface area contributed by atoms with Crippen LogP contribution in [0.2, 0.25) is 0 Å². The van der Waals surface area contributed by atoms with Crippen LogP contribution >= 0.6 is 11.8 Å². The molecule has 2 rings (SSSR count). The second kappa shape index (κ2) is 4.72. The van der Waals surface area contributed by atoms with Crippen molar-refractivity contribution in [2.45, 2.75) is 45.4 Å². The molecule has 1 aliphatic carbocycles. The lowest BCUT2D eigenvalue weighted by molar-refractivity contribution is 0.352. The highest BCUT2D eigenvalue weighted by Crippen LogP contribution is 2.37. The van der Waals surface area contributed by atoms with E-state index in [0.29, 0.717) is 0 Å². The van der Waals surface area contributed by atoms with Crippen LogP contribution in [0.4, 0.5) is 0 Å². The third-order valence-corrected chi connectivity index (χ3v) is 5.24. The molecule has 0 amide bonds. The van der Waals surface area contributed by atoms with Gasteiger partial charge in [-0.15, -0.1) is 0 Å². The van der Waals surface area contributed by atoms with Crippen molar-refractivity contribution in [3.8, 4) is 0 Å². The number of hydrogen-bond donors (Lipinski definition) is 0. The SMILES string of the molecule is CC1CCCC1CCC1CCSC1. The van der Waals surface area contributed by atoms with Gasteiger partial charge < -0.3 is 0 Å². The lowest BCUT2D eigenvalue weighted by Crippen LogP contribution is -2.07. The standard InChI is InChI=1S/C12H22S/c1-10-3-2-4-12(10)6-5-11-7-8-13-9-11/h10-12H,2-9H2,1H3. The van der Waals surface area contributed by atoms with Crippen LogP contribution in [0, 0.1) is 17.8 Å². The van der Waals surface area contributed by atoms with Gasteiger partial charge in [-0.05, 0) is 48.5 Å². The molecule has 13 heavy (non-hydrogen) atoms. The van der Waals surface area contributed by atoms with Crippen molar-refractivity contribution >= 4 is 11.8 Å². The molecule has 2 fully saturated rings. The minimum absolute atomic E-state index is 1.04. The van der Waals surface area contributed by atoms with Crippen LogP contribution in [0.5, 0.6) is 0 Å². The smallest absolute Gasteiger partial charge is 0.00388 e. The van der Waals surface area contributed by atoms with Crippen LogP contribution in [0.1, 0.15) is 45.4 Å². The second-order valence-corrected chi connectivity index (χ2v) is 6.13. The lowest BCUT2D eigenvalue weighted by Gasteiger charge is -2.17. The predicted octanol–water partition coefficient (Wildman–Crippen LogP) is 3.96. The Balaban J connectivity index is 1.66. The molecule has 1 saturated carbocycles. The molecule has 0 aromatic carbocycles. The average molecular weight is 198 g/mol. The van der Waals surface area contributed by atoms with Crippen LogP contribution in [-0.4, -0.2) is 11.5 Å². The summed E-state index contributed by atoms with van der Waals surface area (Å²) in [5.41, 5.74) is 0. The maximum absolute atomic E-state index is 2.46. The fourth-order valence-corrected chi connectivity index (χ4v) is 4.25. The Morgan fingerprint density at radius 3 is 2.69 bits per heavy atom. The summed E-state index contributed by atoms with van der Waals surface area (Å²) in [4.78, 5) is 0. The van der Waals surface area contributed by atoms with Gasteiger partial charge in [-0.1, -0.05) is 26.2 Å². The van der Waals surface area contributed by atoms with E-state index in [4.69, 9.17) is 0 Å². The van der Waals surface area contributed by atoms with Crippen molar-refractivity contribution < 1.29 is 0 Å². The monoisotopic (exact) mass is 198 g/mol. The maximum atomic E-state index is 2.46. The first-order chi connectivity index (χ1) is 6.36. The van der Waals surface area contributed by atoms with E-state index >= 15 is 0 Å². The Labute approximate surface area is 86.9 Å². The molecule has 3 unspecified atom stereocenters. The van der Waals surface area contributed by atoms with Crippen molar-refractivity contribution in [1.29, 1.82) is 0 Å². The van der Waals surface area contributed by atoms with Crippen molar-refractivity contribution in [3.05, 3.63) is 0 Å². The molecule has 0 aromatic rings. The number of rotatable bonds is 3. The molecule has 0 bridgehead atoms. The quantitative estimate of drug-likeness (QED) is 0.661. The fourth-order valence-electron chi connectivity index (χ4n) is 2.91. The molecule has 1 saturated heterocycles. The summed E-state index contributed by atoms with van der Waals surface area (Å²) < 4.78 is 0. The van der Waals surface area contributed by atoms with Crippen molar-refractivity contribution in [3.63, 3.8) is 0 Å². The topological polar surface area (TPSA) is 0 Å². The zero-order valence-electron chi connectivity index (χ0n) is 8.80. The first-order valence-corrected chi connectivity index (χ1v) is 7.09. The maximum Gasteiger partial charge on any atom is -0.00388 e. The molecule has 0 N–H and O–H groups in total. The zero-order chi connectivity index (χ0) is 9.10. The highest BCUT2D eigenvalue weighted by molar-refractivity contribution is 7.99. The van der Waals surface area contributed by atoms with E-state index in [1.165, 1.54) is 50.0 Å². The largest absolute Gasteiger partial charge is 0.162 e. The van der Waals surface area contributed by atoms with Crippen LogP contribution < -0.4 is 0 Å². The van der Waals surface area contributed by atoms with Crippen LogP contribution in [0.3, 0.4) is 0 Å². The van der Waals surface area contributed by atoms with Crippen molar-refractivity contribution in [1.82, 2.24) is 0 Å². The number of hydrogen-bond acceptors (Lipinski definition) is 1. The molecule has 1 aliphatic heterocycles. The van der Waals surface area contributed by atoms with Gasteiger partial charge in [0.15, 0.2) is 0 Å². The normalized spacial score (nSPS) is 39.9.